The van der Waals surface area contributed by atoms with Crippen LogP contribution in [0.3, 0.4) is 0 Å². The molecular weight excluding hydrogens is 514 g/mol. The van der Waals surface area contributed by atoms with E-state index in [1.54, 1.807) is 24.6 Å². The number of carbonyl (C=O) groups excluding carboxylic acids is 2. The molecule has 2 aliphatic rings. The number of nitrogens with one attached hydrogen (secondary N) is 2. The number of hydrogen-bond donors (Lipinski definition) is 2. The molecule has 11 heteroatoms. The molecule has 5 heterocycles. The van der Waals surface area contributed by atoms with E-state index in [-0.39, 0.29) is 18.4 Å². The summed E-state index contributed by atoms with van der Waals surface area (Å²) in [5, 5.41) is 11.6. The highest BCUT2D eigenvalue weighted by Crippen LogP contribution is 2.31. The maximum Gasteiger partial charge on any atom is 0.258 e. The van der Waals surface area contributed by atoms with Gasteiger partial charge >= 0.3 is 0 Å². The van der Waals surface area contributed by atoms with E-state index in [4.69, 9.17) is 4.74 Å². The maximum atomic E-state index is 13.5. The molecule has 10 nitrogen and oxygen atoms in total. The van der Waals surface area contributed by atoms with Gasteiger partial charge in [-0.05, 0) is 43.2 Å². The number of benzene rings is 1. The Labute approximate surface area is 230 Å². The number of hydrogen-bond acceptors (Lipinski definition) is 8. The Morgan fingerprint density at radius 1 is 1.21 bits per heavy atom. The minimum atomic E-state index is -1.03. The first-order chi connectivity index (χ1) is 19.0. The SMILES string of the molecule is CCc1cc(-c2n[nH]c3ccc(NC(=O)[C@]4(OC)CCN(CC(=O)N5CCc6ncsc6C5)C4)cc23)ccn1. The van der Waals surface area contributed by atoms with Gasteiger partial charge in [0.25, 0.3) is 5.91 Å². The number of rotatable bonds is 7. The summed E-state index contributed by atoms with van der Waals surface area (Å²) in [6.45, 7) is 4.59. The van der Waals surface area contributed by atoms with Gasteiger partial charge in [0.15, 0.2) is 5.60 Å². The Hall–Kier alpha value is -3.67. The van der Waals surface area contributed by atoms with E-state index in [9.17, 15) is 9.59 Å². The van der Waals surface area contributed by atoms with Crippen molar-refractivity contribution in [3.63, 3.8) is 0 Å². The molecule has 0 unspecified atom stereocenters. The van der Waals surface area contributed by atoms with Gasteiger partial charge in [-0.1, -0.05) is 6.92 Å². The van der Waals surface area contributed by atoms with Crippen LogP contribution in [0.5, 0.6) is 0 Å². The Kier molecular flexibility index (Phi) is 6.88. The lowest BCUT2D eigenvalue weighted by atomic mass is 10.0. The molecule has 1 fully saturated rings. The molecule has 2 aliphatic heterocycles. The largest absolute Gasteiger partial charge is 0.367 e. The molecule has 39 heavy (non-hydrogen) atoms. The van der Waals surface area contributed by atoms with Gasteiger partial charge in [-0.25, -0.2) is 4.98 Å². The number of aryl methyl sites for hydroxylation is 1. The number of carbonyl (C=O) groups is 2. The molecule has 1 aromatic carbocycles. The van der Waals surface area contributed by atoms with Crippen LogP contribution in [0, 0.1) is 0 Å². The first-order valence-electron chi connectivity index (χ1n) is 13.2. The molecule has 6 rings (SSSR count). The van der Waals surface area contributed by atoms with Crippen molar-refractivity contribution in [1.82, 2.24) is 30.0 Å². The second-order valence-electron chi connectivity index (χ2n) is 10.1. The van der Waals surface area contributed by atoms with Crippen LogP contribution >= 0.6 is 11.3 Å². The fourth-order valence-electron chi connectivity index (χ4n) is 5.44. The van der Waals surface area contributed by atoms with E-state index in [1.807, 2.05) is 45.6 Å². The van der Waals surface area contributed by atoms with Gasteiger partial charge in [-0.15, -0.1) is 11.3 Å². The van der Waals surface area contributed by atoms with E-state index in [1.165, 1.54) is 0 Å². The first kappa shape index (κ1) is 25.6. The normalized spacial score (nSPS) is 19.4. The Morgan fingerprint density at radius 3 is 2.95 bits per heavy atom. The summed E-state index contributed by atoms with van der Waals surface area (Å²) in [6, 6.07) is 9.68. The molecule has 3 aromatic heterocycles. The maximum absolute atomic E-state index is 13.5. The lowest BCUT2D eigenvalue weighted by molar-refractivity contribution is -0.138. The summed E-state index contributed by atoms with van der Waals surface area (Å²) in [6.07, 6.45) is 3.93. The monoisotopic (exact) mass is 545 g/mol. The van der Waals surface area contributed by atoms with Crippen molar-refractivity contribution in [3.05, 3.63) is 58.3 Å². The fraction of sp³-hybridized carbons (Fsp3) is 0.393. The first-order valence-corrected chi connectivity index (χ1v) is 14.1. The highest BCUT2D eigenvalue weighted by molar-refractivity contribution is 7.09. The van der Waals surface area contributed by atoms with Crippen LogP contribution in [0.25, 0.3) is 22.2 Å². The van der Waals surface area contributed by atoms with Gasteiger partial charge in [0.2, 0.25) is 5.91 Å². The molecule has 2 amide bonds. The Morgan fingerprint density at radius 2 is 2.10 bits per heavy atom. The number of thiazole rings is 1. The highest BCUT2D eigenvalue weighted by Gasteiger charge is 2.45. The van der Waals surface area contributed by atoms with Crippen molar-refractivity contribution < 1.29 is 14.3 Å². The minimum absolute atomic E-state index is 0.0710. The highest BCUT2D eigenvalue weighted by atomic mass is 32.1. The molecule has 1 saturated heterocycles. The van der Waals surface area contributed by atoms with Gasteiger partial charge in [-0.3, -0.25) is 24.6 Å². The van der Waals surface area contributed by atoms with Crippen LogP contribution in [-0.4, -0.2) is 80.7 Å². The average Bonchev–Trinajstić information content (AvgIpc) is 3.71. The average molecular weight is 546 g/mol. The zero-order chi connectivity index (χ0) is 27.0. The fourth-order valence-corrected chi connectivity index (χ4v) is 6.27. The number of ether oxygens (including phenoxy) is 1. The van der Waals surface area contributed by atoms with E-state index >= 15 is 0 Å². The summed E-state index contributed by atoms with van der Waals surface area (Å²) in [4.78, 5) is 40.4. The summed E-state index contributed by atoms with van der Waals surface area (Å²) < 4.78 is 5.81. The van der Waals surface area contributed by atoms with Gasteiger partial charge < -0.3 is 15.0 Å². The third-order valence-corrected chi connectivity index (χ3v) is 8.64. The van der Waals surface area contributed by atoms with Crippen molar-refractivity contribution in [1.29, 1.82) is 0 Å². The molecular formula is C28H31N7O3S. The lowest BCUT2D eigenvalue weighted by Crippen LogP contribution is -2.48. The molecule has 4 aromatic rings. The number of methoxy groups -OCH3 is 1. The summed E-state index contributed by atoms with van der Waals surface area (Å²) in [5.41, 5.74) is 6.25. The van der Waals surface area contributed by atoms with E-state index in [2.05, 4.69) is 32.4 Å². The van der Waals surface area contributed by atoms with Crippen molar-refractivity contribution in [3.8, 4) is 11.3 Å². The summed E-state index contributed by atoms with van der Waals surface area (Å²) in [5.74, 6) is -0.143. The van der Waals surface area contributed by atoms with Gasteiger partial charge in [-0.2, -0.15) is 5.10 Å². The second-order valence-corrected chi connectivity index (χ2v) is 11.1. The van der Waals surface area contributed by atoms with Crippen LogP contribution in [0.2, 0.25) is 0 Å². The summed E-state index contributed by atoms with van der Waals surface area (Å²) in [7, 11) is 1.56. The van der Waals surface area contributed by atoms with Crippen LogP contribution in [0.1, 0.15) is 29.6 Å². The van der Waals surface area contributed by atoms with Crippen molar-refractivity contribution in [2.24, 2.45) is 0 Å². The number of likely N-dealkylation sites (tertiary alicyclic amines) is 1. The smallest absolute Gasteiger partial charge is 0.258 e. The van der Waals surface area contributed by atoms with Crippen LogP contribution in [-0.2, 0) is 33.7 Å². The van der Waals surface area contributed by atoms with E-state index in [0.29, 0.717) is 38.3 Å². The lowest BCUT2D eigenvalue weighted by Gasteiger charge is -2.29. The predicted octanol–water partition coefficient (Wildman–Crippen LogP) is 3.26. The van der Waals surface area contributed by atoms with Gasteiger partial charge in [0.05, 0.1) is 29.8 Å². The number of anilines is 1. The van der Waals surface area contributed by atoms with E-state index in [0.717, 1.165) is 51.3 Å². The zero-order valence-electron chi connectivity index (χ0n) is 22.1. The van der Waals surface area contributed by atoms with Gasteiger partial charge in [0, 0.05) is 66.6 Å². The van der Waals surface area contributed by atoms with Crippen molar-refractivity contribution in [2.45, 2.75) is 38.3 Å². The third-order valence-electron chi connectivity index (χ3n) is 7.78. The molecule has 1 atom stereocenters. The molecule has 0 radical (unpaired) electrons. The number of aromatic nitrogens is 4. The predicted molar refractivity (Wildman–Crippen MR) is 149 cm³/mol. The van der Waals surface area contributed by atoms with Crippen molar-refractivity contribution in [2.75, 3.05) is 38.6 Å². The number of H-pyrrole nitrogens is 1. The zero-order valence-corrected chi connectivity index (χ0v) is 22.9. The molecule has 2 N–H and O–H groups in total. The second kappa shape index (κ2) is 10.5. The van der Waals surface area contributed by atoms with Crippen molar-refractivity contribution >= 4 is 39.7 Å². The Balaban J connectivity index is 1.14. The van der Waals surface area contributed by atoms with Gasteiger partial charge in [0.1, 0.15) is 5.69 Å². The number of nitrogens with zero attached hydrogens (tertiary/aromatic N) is 5. The van der Waals surface area contributed by atoms with Crippen LogP contribution in [0.4, 0.5) is 5.69 Å². The number of amides is 2. The van der Waals surface area contributed by atoms with Crippen LogP contribution < -0.4 is 5.32 Å². The van der Waals surface area contributed by atoms with E-state index < -0.39 is 5.60 Å². The number of fused-ring (bicyclic) bond motifs is 2. The minimum Gasteiger partial charge on any atom is -0.367 e. The molecule has 0 aliphatic carbocycles. The number of pyridine rings is 1. The third kappa shape index (κ3) is 4.93. The Bertz CT molecular complexity index is 1530. The molecule has 0 bridgehead atoms. The quantitative estimate of drug-likeness (QED) is 0.366. The molecule has 0 saturated carbocycles. The summed E-state index contributed by atoms with van der Waals surface area (Å²) >= 11 is 1.60. The topological polar surface area (TPSA) is 116 Å². The standard InChI is InChI=1S/C28H31N7O3S/c1-3-19-12-18(6-9-29-19)26-21-13-20(4-5-22(21)32-33-26)31-27(37)28(38-2)8-11-34(16-28)15-25(36)35-10-7-23-24(14-35)39-17-30-23/h4-6,9,12-13,17H,3,7-8,10-11,14-16H2,1-2H3,(H,31,37)(H,32,33)/t28-/m0/s1. The molecule has 0 spiro atoms. The molecule has 202 valence electrons. The number of aromatic amines is 1. The van der Waals surface area contributed by atoms with Crippen LogP contribution in [0.15, 0.2) is 42.0 Å².